The maximum absolute atomic E-state index is 13.1. The van der Waals surface area contributed by atoms with Crippen LogP contribution in [0.4, 0.5) is 0 Å². The van der Waals surface area contributed by atoms with Crippen molar-refractivity contribution in [1.82, 2.24) is 20.0 Å². The molecule has 27 heavy (non-hydrogen) atoms. The van der Waals surface area contributed by atoms with Gasteiger partial charge in [-0.2, -0.15) is 5.10 Å². The molecule has 4 rings (SSSR count). The summed E-state index contributed by atoms with van der Waals surface area (Å²) in [5.41, 5.74) is 3.88. The summed E-state index contributed by atoms with van der Waals surface area (Å²) in [4.78, 5) is 17.9. The lowest BCUT2D eigenvalue weighted by molar-refractivity contribution is -0.135. The number of nitrogens with zero attached hydrogens (tertiary/aromatic N) is 3. The second kappa shape index (κ2) is 9.22. The smallest absolute Gasteiger partial charge is 0.223 e. The Labute approximate surface area is 163 Å². The van der Waals surface area contributed by atoms with Gasteiger partial charge in [0.05, 0.1) is 5.69 Å². The molecule has 1 aromatic rings. The minimum atomic E-state index is 0.349. The zero-order valence-corrected chi connectivity index (χ0v) is 16.8. The number of hydrogen-bond donors (Lipinski definition) is 1. The number of aryl methyl sites for hydroxylation is 2. The molecule has 1 N–H and O–H groups in total. The van der Waals surface area contributed by atoms with Gasteiger partial charge < -0.3 is 9.80 Å². The number of fused-ring (bicyclic) bond motifs is 1. The summed E-state index contributed by atoms with van der Waals surface area (Å²) in [5, 5.41) is 7.75. The van der Waals surface area contributed by atoms with Gasteiger partial charge in [-0.15, -0.1) is 0 Å². The van der Waals surface area contributed by atoms with Crippen molar-refractivity contribution in [3.63, 3.8) is 0 Å². The number of hydrogen-bond acceptors (Lipinski definition) is 3. The van der Waals surface area contributed by atoms with Gasteiger partial charge in [0.2, 0.25) is 5.91 Å². The van der Waals surface area contributed by atoms with E-state index in [0.29, 0.717) is 18.4 Å². The quantitative estimate of drug-likeness (QED) is 0.861. The van der Waals surface area contributed by atoms with Crippen LogP contribution in [0.15, 0.2) is 0 Å². The standard InChI is InChI=1S/C22H36N4O/c27-22(13-12-21-19-10-3-4-11-20(19)23-24-21)26-16-8-5-9-18(26)17-25-14-6-1-2-7-15-25/h18H,1-17H2,(H,23,24)/t18-/m0/s1. The number of carbonyl (C=O) groups excluding carboxylic acids is 1. The van der Waals surface area contributed by atoms with E-state index in [1.54, 1.807) is 0 Å². The van der Waals surface area contributed by atoms with Crippen LogP contribution in [-0.4, -0.2) is 58.1 Å². The maximum atomic E-state index is 13.1. The Balaban J connectivity index is 1.33. The largest absolute Gasteiger partial charge is 0.338 e. The van der Waals surface area contributed by atoms with Gasteiger partial charge in [-0.1, -0.05) is 12.8 Å². The molecule has 2 fully saturated rings. The number of aromatic nitrogens is 2. The molecule has 1 aromatic heterocycles. The summed E-state index contributed by atoms with van der Waals surface area (Å²) in [5.74, 6) is 0.349. The van der Waals surface area contributed by atoms with E-state index in [4.69, 9.17) is 0 Å². The molecule has 2 aliphatic heterocycles. The number of amides is 1. The van der Waals surface area contributed by atoms with E-state index < -0.39 is 0 Å². The number of carbonyl (C=O) groups is 1. The maximum Gasteiger partial charge on any atom is 0.223 e. The van der Waals surface area contributed by atoms with Gasteiger partial charge in [-0.05, 0) is 76.4 Å². The predicted octanol–water partition coefficient (Wildman–Crippen LogP) is 3.48. The Morgan fingerprint density at radius 2 is 1.74 bits per heavy atom. The average Bonchev–Trinajstić information content (AvgIpc) is 2.94. The van der Waals surface area contributed by atoms with E-state index in [1.165, 1.54) is 82.1 Å². The first-order chi connectivity index (χ1) is 13.3. The zero-order chi connectivity index (χ0) is 18.5. The monoisotopic (exact) mass is 372 g/mol. The van der Waals surface area contributed by atoms with Crippen LogP contribution in [-0.2, 0) is 24.1 Å². The highest BCUT2D eigenvalue weighted by molar-refractivity contribution is 5.77. The van der Waals surface area contributed by atoms with Crippen LogP contribution in [0.5, 0.6) is 0 Å². The normalized spacial score (nSPS) is 24.4. The molecule has 150 valence electrons. The molecule has 3 aliphatic rings. The zero-order valence-electron chi connectivity index (χ0n) is 16.8. The lowest BCUT2D eigenvalue weighted by Crippen LogP contribution is -2.49. The molecule has 0 radical (unpaired) electrons. The van der Waals surface area contributed by atoms with Crippen molar-refractivity contribution in [1.29, 1.82) is 0 Å². The molecular formula is C22H36N4O. The van der Waals surface area contributed by atoms with Gasteiger partial charge in [0.25, 0.3) is 0 Å². The van der Waals surface area contributed by atoms with Crippen molar-refractivity contribution >= 4 is 5.91 Å². The Hall–Kier alpha value is -1.36. The van der Waals surface area contributed by atoms with E-state index in [-0.39, 0.29) is 0 Å². The van der Waals surface area contributed by atoms with Crippen LogP contribution >= 0.6 is 0 Å². The van der Waals surface area contributed by atoms with Crippen molar-refractivity contribution < 1.29 is 4.79 Å². The molecule has 3 heterocycles. The number of rotatable bonds is 5. The lowest BCUT2D eigenvalue weighted by Gasteiger charge is -2.38. The van der Waals surface area contributed by atoms with Gasteiger partial charge in [0.15, 0.2) is 0 Å². The summed E-state index contributed by atoms with van der Waals surface area (Å²) >= 11 is 0. The Kier molecular flexibility index (Phi) is 6.48. The van der Waals surface area contributed by atoms with Crippen molar-refractivity contribution in [2.24, 2.45) is 0 Å². The summed E-state index contributed by atoms with van der Waals surface area (Å²) in [6.45, 7) is 4.48. The molecule has 1 amide bonds. The van der Waals surface area contributed by atoms with Crippen LogP contribution in [0.1, 0.15) is 81.2 Å². The Morgan fingerprint density at radius 3 is 2.59 bits per heavy atom. The van der Waals surface area contributed by atoms with Gasteiger partial charge in [-0.3, -0.25) is 9.89 Å². The van der Waals surface area contributed by atoms with Crippen molar-refractivity contribution in [3.8, 4) is 0 Å². The third-order valence-corrected chi connectivity index (χ3v) is 6.83. The third kappa shape index (κ3) is 4.74. The van der Waals surface area contributed by atoms with Crippen molar-refractivity contribution in [3.05, 3.63) is 17.0 Å². The lowest BCUT2D eigenvalue weighted by atomic mass is 9.94. The van der Waals surface area contributed by atoms with Crippen LogP contribution in [0, 0.1) is 0 Å². The molecule has 5 nitrogen and oxygen atoms in total. The fraction of sp³-hybridized carbons (Fsp3) is 0.818. The fourth-order valence-corrected chi connectivity index (χ4v) is 5.26. The second-order valence-corrected chi connectivity index (χ2v) is 8.79. The summed E-state index contributed by atoms with van der Waals surface area (Å²) in [6, 6.07) is 0.428. The number of aromatic amines is 1. The van der Waals surface area contributed by atoms with Gasteiger partial charge in [0, 0.05) is 37.7 Å². The highest BCUT2D eigenvalue weighted by Crippen LogP contribution is 2.24. The molecule has 1 aliphatic carbocycles. The first kappa shape index (κ1) is 19.0. The molecule has 0 saturated carbocycles. The molecule has 0 aromatic carbocycles. The summed E-state index contributed by atoms with van der Waals surface area (Å²) in [7, 11) is 0. The van der Waals surface area contributed by atoms with Crippen LogP contribution in [0.25, 0.3) is 0 Å². The van der Waals surface area contributed by atoms with Crippen molar-refractivity contribution in [2.45, 2.75) is 89.5 Å². The van der Waals surface area contributed by atoms with Gasteiger partial charge in [0.1, 0.15) is 0 Å². The second-order valence-electron chi connectivity index (χ2n) is 8.79. The van der Waals surface area contributed by atoms with Crippen LogP contribution in [0.3, 0.4) is 0 Å². The minimum absolute atomic E-state index is 0.349. The third-order valence-electron chi connectivity index (χ3n) is 6.83. The average molecular weight is 373 g/mol. The molecule has 5 heteroatoms. The molecule has 0 bridgehead atoms. The predicted molar refractivity (Wildman–Crippen MR) is 108 cm³/mol. The van der Waals surface area contributed by atoms with Crippen LogP contribution < -0.4 is 0 Å². The number of likely N-dealkylation sites (tertiary alicyclic amines) is 2. The van der Waals surface area contributed by atoms with Gasteiger partial charge >= 0.3 is 0 Å². The first-order valence-corrected chi connectivity index (χ1v) is 11.4. The van der Waals surface area contributed by atoms with Crippen molar-refractivity contribution in [2.75, 3.05) is 26.2 Å². The fourth-order valence-electron chi connectivity index (χ4n) is 5.26. The van der Waals surface area contributed by atoms with E-state index in [0.717, 1.165) is 38.0 Å². The highest BCUT2D eigenvalue weighted by atomic mass is 16.2. The Bertz CT molecular complexity index is 618. The molecular weight excluding hydrogens is 336 g/mol. The number of H-pyrrole nitrogens is 1. The highest BCUT2D eigenvalue weighted by Gasteiger charge is 2.28. The van der Waals surface area contributed by atoms with E-state index in [2.05, 4.69) is 20.0 Å². The SMILES string of the molecule is O=C(CCc1n[nH]c2c1CCCC2)N1CCCC[C@H]1CN1CCCCCC1. The molecule has 0 spiro atoms. The number of piperidine rings is 1. The van der Waals surface area contributed by atoms with E-state index in [9.17, 15) is 4.79 Å². The van der Waals surface area contributed by atoms with Crippen LogP contribution in [0.2, 0.25) is 0 Å². The van der Waals surface area contributed by atoms with Gasteiger partial charge in [-0.25, -0.2) is 0 Å². The summed E-state index contributed by atoms with van der Waals surface area (Å²) < 4.78 is 0. The summed E-state index contributed by atoms with van der Waals surface area (Å²) in [6.07, 6.45) is 15.2. The Morgan fingerprint density at radius 1 is 0.963 bits per heavy atom. The topological polar surface area (TPSA) is 52.2 Å². The number of nitrogens with one attached hydrogen (secondary N) is 1. The minimum Gasteiger partial charge on any atom is -0.338 e. The first-order valence-electron chi connectivity index (χ1n) is 11.4. The van der Waals surface area contributed by atoms with E-state index in [1.807, 2.05) is 0 Å². The van der Waals surface area contributed by atoms with E-state index >= 15 is 0 Å². The molecule has 2 saturated heterocycles. The molecule has 0 unspecified atom stereocenters. The molecule has 1 atom stereocenters.